The van der Waals surface area contributed by atoms with Gasteiger partial charge in [0.2, 0.25) is 0 Å². The van der Waals surface area contributed by atoms with Crippen molar-refractivity contribution in [2.24, 2.45) is 5.73 Å². The summed E-state index contributed by atoms with van der Waals surface area (Å²) in [6.45, 7) is 1.68. The maximum absolute atomic E-state index is 5.77. The number of methoxy groups -OCH3 is 1. The first-order valence-electron chi connectivity index (χ1n) is 8.21. The van der Waals surface area contributed by atoms with E-state index in [9.17, 15) is 0 Å². The molecule has 2 aromatic carbocycles. The first-order chi connectivity index (χ1) is 11.3. The summed E-state index contributed by atoms with van der Waals surface area (Å²) in [5.74, 6) is 0.901. The van der Waals surface area contributed by atoms with Gasteiger partial charge in [-0.3, -0.25) is 0 Å². The van der Waals surface area contributed by atoms with Gasteiger partial charge < -0.3 is 15.0 Å². The van der Waals surface area contributed by atoms with E-state index in [1.807, 2.05) is 6.07 Å². The van der Waals surface area contributed by atoms with Gasteiger partial charge >= 0.3 is 0 Å². The van der Waals surface area contributed by atoms with Crippen molar-refractivity contribution < 1.29 is 4.74 Å². The van der Waals surface area contributed by atoms with E-state index in [4.69, 9.17) is 10.5 Å². The Morgan fingerprint density at radius 3 is 2.61 bits per heavy atom. The average Bonchev–Trinajstić information content (AvgIpc) is 2.93. The molecule has 0 aliphatic carbocycles. The summed E-state index contributed by atoms with van der Waals surface area (Å²) in [6.07, 6.45) is 5.38. The standard InChI is InChI=1S/C20H24N2O/c1-23-18-9-10-20-19(14-18)17(11-12-21)15-22(20)13-5-8-16-6-3-2-4-7-16/h2-4,6-7,9-10,14-15H,5,8,11-13,21H2,1H3. The summed E-state index contributed by atoms with van der Waals surface area (Å²) in [4.78, 5) is 0. The summed E-state index contributed by atoms with van der Waals surface area (Å²) >= 11 is 0. The molecule has 0 spiro atoms. The third kappa shape index (κ3) is 3.57. The average molecular weight is 308 g/mol. The van der Waals surface area contributed by atoms with Crippen LogP contribution in [0.2, 0.25) is 0 Å². The number of fused-ring (bicyclic) bond motifs is 1. The number of aryl methyl sites for hydroxylation is 2. The number of aromatic nitrogens is 1. The fraction of sp³-hybridized carbons (Fsp3) is 0.300. The quantitative estimate of drug-likeness (QED) is 0.721. The Labute approximate surface area is 137 Å². The van der Waals surface area contributed by atoms with Gasteiger partial charge in [-0.15, -0.1) is 0 Å². The number of nitrogens with zero attached hydrogens (tertiary/aromatic N) is 1. The smallest absolute Gasteiger partial charge is 0.119 e. The van der Waals surface area contributed by atoms with Crippen LogP contribution in [-0.2, 0) is 19.4 Å². The van der Waals surface area contributed by atoms with Crippen LogP contribution in [0.1, 0.15) is 17.5 Å². The highest BCUT2D eigenvalue weighted by molar-refractivity contribution is 5.85. The highest BCUT2D eigenvalue weighted by atomic mass is 16.5. The third-order valence-corrected chi connectivity index (χ3v) is 4.29. The molecule has 2 N–H and O–H groups in total. The molecule has 3 rings (SSSR count). The lowest BCUT2D eigenvalue weighted by Gasteiger charge is -2.06. The predicted molar refractivity (Wildman–Crippen MR) is 96.0 cm³/mol. The molecular weight excluding hydrogens is 284 g/mol. The number of benzene rings is 2. The Morgan fingerprint density at radius 2 is 1.87 bits per heavy atom. The lowest BCUT2D eigenvalue weighted by atomic mass is 10.1. The van der Waals surface area contributed by atoms with Crippen molar-refractivity contribution in [3.8, 4) is 5.75 Å². The van der Waals surface area contributed by atoms with Crippen molar-refractivity contribution in [3.63, 3.8) is 0 Å². The third-order valence-electron chi connectivity index (χ3n) is 4.29. The number of hydrogen-bond acceptors (Lipinski definition) is 2. The van der Waals surface area contributed by atoms with Gasteiger partial charge in [-0.1, -0.05) is 30.3 Å². The van der Waals surface area contributed by atoms with Crippen molar-refractivity contribution in [3.05, 3.63) is 65.9 Å². The van der Waals surface area contributed by atoms with Gasteiger partial charge in [-0.25, -0.2) is 0 Å². The highest BCUT2D eigenvalue weighted by Gasteiger charge is 2.09. The Balaban J connectivity index is 1.79. The molecule has 0 saturated carbocycles. The van der Waals surface area contributed by atoms with Crippen LogP contribution in [-0.4, -0.2) is 18.2 Å². The molecule has 0 atom stereocenters. The highest BCUT2D eigenvalue weighted by Crippen LogP contribution is 2.26. The van der Waals surface area contributed by atoms with Crippen molar-refractivity contribution in [1.82, 2.24) is 4.57 Å². The van der Waals surface area contributed by atoms with Gasteiger partial charge in [0.15, 0.2) is 0 Å². The van der Waals surface area contributed by atoms with Gasteiger partial charge in [-0.2, -0.15) is 0 Å². The van der Waals surface area contributed by atoms with Crippen molar-refractivity contribution >= 4 is 10.9 Å². The first-order valence-corrected chi connectivity index (χ1v) is 8.21. The van der Waals surface area contributed by atoms with Crippen LogP contribution < -0.4 is 10.5 Å². The minimum atomic E-state index is 0.667. The molecule has 3 nitrogen and oxygen atoms in total. The Bertz CT molecular complexity index is 762. The largest absolute Gasteiger partial charge is 0.497 e. The first kappa shape index (κ1) is 15.6. The van der Waals surface area contributed by atoms with Crippen molar-refractivity contribution in [1.29, 1.82) is 0 Å². The zero-order chi connectivity index (χ0) is 16.1. The maximum atomic E-state index is 5.77. The van der Waals surface area contributed by atoms with E-state index >= 15 is 0 Å². The van der Waals surface area contributed by atoms with Gasteiger partial charge in [0.25, 0.3) is 0 Å². The summed E-state index contributed by atoms with van der Waals surface area (Å²) in [6, 6.07) is 17.0. The summed E-state index contributed by atoms with van der Waals surface area (Å²) < 4.78 is 7.71. The molecule has 0 fully saturated rings. The van der Waals surface area contributed by atoms with E-state index in [-0.39, 0.29) is 0 Å². The van der Waals surface area contributed by atoms with Gasteiger partial charge in [0.05, 0.1) is 7.11 Å². The van der Waals surface area contributed by atoms with E-state index in [1.165, 1.54) is 22.0 Å². The molecule has 0 saturated heterocycles. The van der Waals surface area contributed by atoms with E-state index in [0.717, 1.165) is 31.6 Å². The van der Waals surface area contributed by atoms with Gasteiger partial charge in [0.1, 0.15) is 5.75 Å². The second kappa shape index (κ2) is 7.34. The van der Waals surface area contributed by atoms with E-state index in [2.05, 4.69) is 53.2 Å². The zero-order valence-electron chi connectivity index (χ0n) is 13.7. The van der Waals surface area contributed by atoms with Gasteiger partial charge in [-0.05, 0) is 55.1 Å². The van der Waals surface area contributed by atoms with Crippen LogP contribution in [0.4, 0.5) is 0 Å². The van der Waals surface area contributed by atoms with Crippen LogP contribution in [0.25, 0.3) is 10.9 Å². The minimum Gasteiger partial charge on any atom is -0.497 e. The molecule has 120 valence electrons. The minimum absolute atomic E-state index is 0.667. The van der Waals surface area contributed by atoms with E-state index < -0.39 is 0 Å². The molecule has 1 heterocycles. The van der Waals surface area contributed by atoms with Gasteiger partial charge in [0, 0.05) is 23.6 Å². The Hall–Kier alpha value is -2.26. The molecule has 0 aliphatic rings. The second-order valence-electron chi connectivity index (χ2n) is 5.86. The molecular formula is C20H24N2O. The summed E-state index contributed by atoms with van der Waals surface area (Å²) in [5.41, 5.74) is 9.74. The van der Waals surface area contributed by atoms with Crippen LogP contribution in [0, 0.1) is 0 Å². The van der Waals surface area contributed by atoms with Crippen LogP contribution in [0.5, 0.6) is 5.75 Å². The molecule has 0 aliphatic heterocycles. The Morgan fingerprint density at radius 1 is 1.04 bits per heavy atom. The van der Waals surface area contributed by atoms with E-state index in [1.54, 1.807) is 7.11 Å². The van der Waals surface area contributed by atoms with Crippen LogP contribution >= 0.6 is 0 Å². The number of hydrogen-bond donors (Lipinski definition) is 1. The molecule has 0 amide bonds. The summed E-state index contributed by atoms with van der Waals surface area (Å²) in [5, 5.41) is 1.26. The second-order valence-corrected chi connectivity index (χ2v) is 5.86. The summed E-state index contributed by atoms with van der Waals surface area (Å²) in [7, 11) is 1.71. The SMILES string of the molecule is COc1ccc2c(c1)c(CCN)cn2CCCc1ccccc1. The van der Waals surface area contributed by atoms with E-state index in [0.29, 0.717) is 6.54 Å². The maximum Gasteiger partial charge on any atom is 0.119 e. The normalized spacial score (nSPS) is 11.0. The molecule has 1 aromatic heterocycles. The van der Waals surface area contributed by atoms with Crippen LogP contribution in [0.15, 0.2) is 54.7 Å². The predicted octanol–water partition coefficient (Wildman–Crippen LogP) is 3.78. The Kier molecular flexibility index (Phi) is 4.99. The molecule has 0 unspecified atom stereocenters. The molecule has 0 bridgehead atoms. The zero-order valence-corrected chi connectivity index (χ0v) is 13.7. The lowest BCUT2D eigenvalue weighted by Crippen LogP contribution is -2.02. The van der Waals surface area contributed by atoms with Crippen molar-refractivity contribution in [2.75, 3.05) is 13.7 Å². The monoisotopic (exact) mass is 308 g/mol. The molecule has 0 radical (unpaired) electrons. The molecule has 23 heavy (non-hydrogen) atoms. The fourth-order valence-electron chi connectivity index (χ4n) is 3.11. The topological polar surface area (TPSA) is 40.2 Å². The number of nitrogens with two attached hydrogens (primary N) is 1. The molecule has 3 aromatic rings. The lowest BCUT2D eigenvalue weighted by molar-refractivity contribution is 0.415. The fourth-order valence-corrected chi connectivity index (χ4v) is 3.11. The van der Waals surface area contributed by atoms with Crippen LogP contribution in [0.3, 0.4) is 0 Å². The number of rotatable bonds is 7. The molecule has 3 heteroatoms. The van der Waals surface area contributed by atoms with Crippen molar-refractivity contribution in [2.45, 2.75) is 25.8 Å². The number of ether oxygens (including phenoxy) is 1.